The highest BCUT2D eigenvalue weighted by atomic mass is 79.9. The summed E-state index contributed by atoms with van der Waals surface area (Å²) >= 11 is 3.59. The van der Waals surface area contributed by atoms with Crippen LogP contribution >= 0.6 is 28.3 Å². The molecule has 3 nitrogen and oxygen atoms in total. The molecule has 24 heavy (non-hydrogen) atoms. The van der Waals surface area contributed by atoms with Gasteiger partial charge in [0.05, 0.1) is 5.52 Å². The van der Waals surface area contributed by atoms with Crippen LogP contribution in [0.25, 0.3) is 10.9 Å². The molecule has 0 atom stereocenters. The molecule has 0 saturated carbocycles. The minimum Gasteiger partial charge on any atom is -0.383 e. The number of anilines is 1. The SMILES string of the molecule is Cc1cc2ccc(CNCCc3ccccc3Br)cc2nc1N.Cl. The second-order valence-corrected chi connectivity index (χ2v) is 6.59. The maximum atomic E-state index is 5.91. The summed E-state index contributed by atoms with van der Waals surface area (Å²) in [6, 6.07) is 16.8. The molecule has 0 fully saturated rings. The third kappa shape index (κ3) is 4.47. The highest BCUT2D eigenvalue weighted by Crippen LogP contribution is 2.19. The van der Waals surface area contributed by atoms with Crippen LogP contribution in [0.4, 0.5) is 5.82 Å². The number of nitrogens with zero attached hydrogens (tertiary/aromatic N) is 1. The van der Waals surface area contributed by atoms with Gasteiger partial charge in [0, 0.05) is 16.4 Å². The van der Waals surface area contributed by atoms with Crippen molar-refractivity contribution >= 4 is 45.1 Å². The van der Waals surface area contributed by atoms with Crippen LogP contribution in [0.5, 0.6) is 0 Å². The normalized spacial score (nSPS) is 10.6. The lowest BCUT2D eigenvalue weighted by Gasteiger charge is -2.08. The Bertz CT molecular complexity index is 836. The van der Waals surface area contributed by atoms with Gasteiger partial charge in [0.25, 0.3) is 0 Å². The van der Waals surface area contributed by atoms with Gasteiger partial charge in [0.1, 0.15) is 5.82 Å². The predicted molar refractivity (Wildman–Crippen MR) is 108 cm³/mol. The van der Waals surface area contributed by atoms with Crippen LogP contribution in [0.1, 0.15) is 16.7 Å². The summed E-state index contributed by atoms with van der Waals surface area (Å²) in [5, 5.41) is 4.62. The fourth-order valence-corrected chi connectivity index (χ4v) is 3.08. The van der Waals surface area contributed by atoms with Gasteiger partial charge in [-0.3, -0.25) is 0 Å². The van der Waals surface area contributed by atoms with Gasteiger partial charge < -0.3 is 11.1 Å². The number of aryl methyl sites for hydroxylation is 1. The van der Waals surface area contributed by atoms with E-state index in [4.69, 9.17) is 5.73 Å². The third-order valence-corrected chi connectivity index (χ3v) is 4.74. The van der Waals surface area contributed by atoms with E-state index in [-0.39, 0.29) is 12.4 Å². The first-order chi connectivity index (χ1) is 11.1. The van der Waals surface area contributed by atoms with Crippen LogP contribution in [0.2, 0.25) is 0 Å². The van der Waals surface area contributed by atoms with Crippen molar-refractivity contribution in [3.63, 3.8) is 0 Å². The zero-order valence-electron chi connectivity index (χ0n) is 13.6. The first kappa shape index (κ1) is 18.7. The lowest BCUT2D eigenvalue weighted by molar-refractivity contribution is 0.686. The third-order valence-electron chi connectivity index (χ3n) is 3.97. The Hall–Kier alpha value is -1.62. The molecule has 0 spiro atoms. The number of benzene rings is 2. The molecule has 1 aromatic heterocycles. The number of halogens is 2. The maximum absolute atomic E-state index is 5.91. The van der Waals surface area contributed by atoms with Gasteiger partial charge in [-0.2, -0.15) is 0 Å². The summed E-state index contributed by atoms with van der Waals surface area (Å²) in [5.74, 6) is 0.608. The van der Waals surface area contributed by atoms with E-state index in [1.165, 1.54) is 15.6 Å². The molecule has 126 valence electrons. The molecule has 0 aliphatic carbocycles. The molecule has 5 heteroatoms. The molecule has 1 heterocycles. The monoisotopic (exact) mass is 405 g/mol. The zero-order valence-corrected chi connectivity index (χ0v) is 16.0. The van der Waals surface area contributed by atoms with Crippen LogP contribution in [-0.4, -0.2) is 11.5 Å². The number of pyridine rings is 1. The van der Waals surface area contributed by atoms with E-state index < -0.39 is 0 Å². The van der Waals surface area contributed by atoms with Crippen LogP contribution in [-0.2, 0) is 13.0 Å². The van der Waals surface area contributed by atoms with Crippen molar-refractivity contribution < 1.29 is 0 Å². The number of nitrogens with two attached hydrogens (primary N) is 1. The van der Waals surface area contributed by atoms with Gasteiger partial charge in [-0.15, -0.1) is 12.4 Å². The van der Waals surface area contributed by atoms with E-state index in [1.807, 2.05) is 13.0 Å². The van der Waals surface area contributed by atoms with Gasteiger partial charge >= 0.3 is 0 Å². The minimum atomic E-state index is 0. The molecule has 3 aromatic rings. The molecule has 0 aliphatic heterocycles. The molecule has 0 saturated heterocycles. The quantitative estimate of drug-likeness (QED) is 0.607. The van der Waals surface area contributed by atoms with Crippen LogP contribution < -0.4 is 11.1 Å². The number of aromatic nitrogens is 1. The van der Waals surface area contributed by atoms with Crippen LogP contribution in [0, 0.1) is 6.92 Å². The number of hydrogen-bond acceptors (Lipinski definition) is 3. The fraction of sp³-hybridized carbons (Fsp3) is 0.211. The molecule has 0 radical (unpaired) electrons. The minimum absolute atomic E-state index is 0. The Morgan fingerprint density at radius 3 is 2.71 bits per heavy atom. The molecule has 0 unspecified atom stereocenters. The number of fused-ring (bicyclic) bond motifs is 1. The van der Waals surface area contributed by atoms with Gasteiger partial charge in [0.15, 0.2) is 0 Å². The Morgan fingerprint density at radius 1 is 1.12 bits per heavy atom. The molecule has 2 aromatic carbocycles. The highest BCUT2D eigenvalue weighted by Gasteiger charge is 2.02. The summed E-state index contributed by atoms with van der Waals surface area (Å²) < 4.78 is 1.17. The topological polar surface area (TPSA) is 50.9 Å². The van der Waals surface area contributed by atoms with E-state index in [2.05, 4.69) is 68.7 Å². The van der Waals surface area contributed by atoms with E-state index in [0.29, 0.717) is 5.82 Å². The van der Waals surface area contributed by atoms with E-state index >= 15 is 0 Å². The van der Waals surface area contributed by atoms with E-state index in [9.17, 15) is 0 Å². The Kier molecular flexibility index (Phi) is 6.60. The molecule has 0 amide bonds. The largest absolute Gasteiger partial charge is 0.383 e. The smallest absolute Gasteiger partial charge is 0.127 e. The number of nitrogen functional groups attached to an aromatic ring is 1. The van der Waals surface area contributed by atoms with Crippen LogP contribution in [0.15, 0.2) is 53.0 Å². The second-order valence-electron chi connectivity index (χ2n) is 5.74. The van der Waals surface area contributed by atoms with E-state index in [1.54, 1.807) is 0 Å². The number of nitrogens with one attached hydrogen (secondary N) is 1. The Morgan fingerprint density at radius 2 is 1.92 bits per heavy atom. The van der Waals surface area contributed by atoms with Crippen molar-refractivity contribution in [2.45, 2.75) is 19.9 Å². The summed E-state index contributed by atoms with van der Waals surface area (Å²) in [7, 11) is 0. The maximum Gasteiger partial charge on any atom is 0.127 e. The first-order valence-electron chi connectivity index (χ1n) is 7.73. The molecule has 3 rings (SSSR count). The number of hydrogen-bond donors (Lipinski definition) is 2. The number of rotatable bonds is 5. The van der Waals surface area contributed by atoms with Gasteiger partial charge in [0.2, 0.25) is 0 Å². The van der Waals surface area contributed by atoms with E-state index in [0.717, 1.165) is 36.0 Å². The van der Waals surface area contributed by atoms with Gasteiger partial charge in [-0.05, 0) is 54.8 Å². The highest BCUT2D eigenvalue weighted by molar-refractivity contribution is 9.10. The fourth-order valence-electron chi connectivity index (χ4n) is 2.60. The van der Waals surface area contributed by atoms with Gasteiger partial charge in [-0.25, -0.2) is 4.98 Å². The standard InChI is InChI=1S/C19H20BrN3.ClH/c1-13-10-16-7-6-14(11-18(16)23-19(13)21)12-22-9-8-15-4-2-3-5-17(15)20;/h2-7,10-11,22H,8-9,12H2,1H3,(H2,21,23);1H. The van der Waals surface area contributed by atoms with Crippen molar-refractivity contribution in [3.8, 4) is 0 Å². The summed E-state index contributed by atoms with van der Waals surface area (Å²) in [6.45, 7) is 3.75. The predicted octanol–water partition coefficient (Wildman–Crippen LogP) is 4.64. The molecule has 3 N–H and O–H groups in total. The lowest BCUT2D eigenvalue weighted by atomic mass is 10.1. The first-order valence-corrected chi connectivity index (χ1v) is 8.52. The molecular weight excluding hydrogens is 386 g/mol. The summed E-state index contributed by atoms with van der Waals surface area (Å²) in [5.41, 5.74) is 10.4. The zero-order chi connectivity index (χ0) is 16.2. The second kappa shape index (κ2) is 8.47. The molecule has 0 aliphatic rings. The van der Waals surface area contributed by atoms with Crippen molar-refractivity contribution in [2.75, 3.05) is 12.3 Å². The Labute approximate surface area is 157 Å². The average molecular weight is 407 g/mol. The molecular formula is C19H21BrClN3. The van der Waals surface area contributed by atoms with Crippen LogP contribution in [0.3, 0.4) is 0 Å². The van der Waals surface area contributed by atoms with Crippen molar-refractivity contribution in [2.24, 2.45) is 0 Å². The van der Waals surface area contributed by atoms with Crippen molar-refractivity contribution in [1.82, 2.24) is 10.3 Å². The summed E-state index contributed by atoms with van der Waals surface area (Å²) in [4.78, 5) is 4.47. The average Bonchev–Trinajstić information content (AvgIpc) is 2.54. The van der Waals surface area contributed by atoms with Crippen molar-refractivity contribution in [1.29, 1.82) is 0 Å². The van der Waals surface area contributed by atoms with Gasteiger partial charge in [-0.1, -0.05) is 46.3 Å². The van der Waals surface area contributed by atoms with Crippen molar-refractivity contribution in [3.05, 3.63) is 69.7 Å². The lowest BCUT2D eigenvalue weighted by Crippen LogP contribution is -2.16. The summed E-state index contributed by atoms with van der Waals surface area (Å²) in [6.07, 6.45) is 0.999. The molecule has 0 bridgehead atoms. The Balaban J connectivity index is 0.00000208.